The quantitative estimate of drug-likeness (QED) is 0.232. The van der Waals surface area contributed by atoms with Crippen molar-refractivity contribution in [3.05, 3.63) is 73.0 Å². The van der Waals surface area contributed by atoms with E-state index < -0.39 is 0 Å². The number of benzene rings is 4. The first kappa shape index (κ1) is 19.0. The van der Waals surface area contributed by atoms with Crippen molar-refractivity contribution in [1.82, 2.24) is 0 Å². The second-order valence-electron chi connectivity index (χ2n) is 8.63. The van der Waals surface area contributed by atoms with E-state index in [0.717, 1.165) is 68.4 Å². The summed E-state index contributed by atoms with van der Waals surface area (Å²) in [6.07, 6.45) is 2.28. The Hall–Kier alpha value is -3.54. The molecule has 0 amide bonds. The Labute approximate surface area is 190 Å². The van der Waals surface area contributed by atoms with Crippen LogP contribution in [0.15, 0.2) is 77.4 Å². The van der Waals surface area contributed by atoms with Gasteiger partial charge in [0.25, 0.3) is 0 Å². The smallest absolute Gasteiger partial charge is 0.143 e. The van der Waals surface area contributed by atoms with Gasteiger partial charge in [-0.3, -0.25) is 0 Å². The molecule has 0 N–H and O–H groups in total. The standard InChI is InChI=1S/C28H22O5/c1-2-5-23-21(4-1)22-6-3-7-25(32-15-20-14-31-20)26(22)27-24(16-33-28(23)27)17-8-10-18(11-9-17)29-12-19-13-30-19/h1-11,16,19-20H,12-15H2. The van der Waals surface area contributed by atoms with Crippen LogP contribution >= 0.6 is 0 Å². The van der Waals surface area contributed by atoms with Gasteiger partial charge in [-0.2, -0.15) is 0 Å². The second kappa shape index (κ2) is 7.51. The van der Waals surface area contributed by atoms with Crippen LogP contribution in [0.3, 0.4) is 0 Å². The van der Waals surface area contributed by atoms with Crippen LogP contribution in [-0.2, 0) is 9.47 Å². The Morgan fingerprint density at radius 1 is 0.697 bits per heavy atom. The van der Waals surface area contributed by atoms with Crippen LogP contribution < -0.4 is 9.47 Å². The molecule has 7 rings (SSSR count). The zero-order valence-electron chi connectivity index (χ0n) is 18.0. The van der Waals surface area contributed by atoms with Gasteiger partial charge in [-0.15, -0.1) is 0 Å². The zero-order chi connectivity index (χ0) is 21.8. The molecule has 5 aromatic rings. The molecule has 164 valence electrons. The topological polar surface area (TPSA) is 56.7 Å². The summed E-state index contributed by atoms with van der Waals surface area (Å²) in [6, 6.07) is 22.8. The summed E-state index contributed by atoms with van der Waals surface area (Å²) >= 11 is 0. The van der Waals surface area contributed by atoms with Gasteiger partial charge in [-0.1, -0.05) is 48.5 Å². The molecule has 2 aliphatic heterocycles. The summed E-state index contributed by atoms with van der Waals surface area (Å²) in [4.78, 5) is 0. The fourth-order valence-corrected chi connectivity index (χ4v) is 4.50. The summed E-state index contributed by atoms with van der Waals surface area (Å²) in [6.45, 7) is 2.70. The molecule has 2 unspecified atom stereocenters. The van der Waals surface area contributed by atoms with Crippen molar-refractivity contribution in [2.75, 3.05) is 26.4 Å². The highest BCUT2D eigenvalue weighted by atomic mass is 16.6. The van der Waals surface area contributed by atoms with Crippen LogP contribution in [0, 0.1) is 0 Å². The van der Waals surface area contributed by atoms with Gasteiger partial charge in [0.15, 0.2) is 0 Å². The lowest BCUT2D eigenvalue weighted by molar-refractivity contribution is 0.263. The number of furan rings is 1. The molecule has 0 radical (unpaired) electrons. The molecular formula is C28H22O5. The molecule has 0 aliphatic carbocycles. The van der Waals surface area contributed by atoms with Gasteiger partial charge in [0.1, 0.15) is 42.5 Å². The number of ether oxygens (including phenoxy) is 4. The van der Waals surface area contributed by atoms with Gasteiger partial charge in [-0.05, 0) is 34.5 Å². The molecule has 0 spiro atoms. The highest BCUT2D eigenvalue weighted by Gasteiger charge is 2.25. The van der Waals surface area contributed by atoms with Crippen LogP contribution in [0.25, 0.3) is 43.6 Å². The van der Waals surface area contributed by atoms with Crippen molar-refractivity contribution in [2.45, 2.75) is 12.2 Å². The van der Waals surface area contributed by atoms with E-state index in [1.807, 2.05) is 24.5 Å². The van der Waals surface area contributed by atoms with E-state index in [0.29, 0.717) is 13.2 Å². The average molecular weight is 438 g/mol. The van der Waals surface area contributed by atoms with Crippen LogP contribution in [0.5, 0.6) is 11.5 Å². The van der Waals surface area contributed by atoms with Gasteiger partial charge in [0.2, 0.25) is 0 Å². The fourth-order valence-electron chi connectivity index (χ4n) is 4.50. The van der Waals surface area contributed by atoms with Crippen LogP contribution in [-0.4, -0.2) is 38.6 Å². The molecule has 0 bridgehead atoms. The van der Waals surface area contributed by atoms with E-state index in [4.69, 9.17) is 23.4 Å². The molecule has 2 aliphatic rings. The maximum atomic E-state index is 6.24. The average Bonchev–Trinajstić information content (AvgIpc) is 3.80. The minimum atomic E-state index is 0.189. The van der Waals surface area contributed by atoms with Gasteiger partial charge in [0, 0.05) is 21.7 Å². The molecular weight excluding hydrogens is 416 g/mol. The first-order chi connectivity index (χ1) is 16.3. The number of hydrogen-bond donors (Lipinski definition) is 0. The molecule has 5 heteroatoms. The summed E-state index contributed by atoms with van der Waals surface area (Å²) in [5.74, 6) is 1.69. The molecule has 3 heterocycles. The number of rotatable bonds is 7. The molecule has 4 aromatic carbocycles. The summed E-state index contributed by atoms with van der Waals surface area (Å²) in [7, 11) is 0. The molecule has 5 nitrogen and oxygen atoms in total. The summed E-state index contributed by atoms with van der Waals surface area (Å²) in [5, 5.41) is 5.54. The lowest BCUT2D eigenvalue weighted by atomic mass is 9.94. The van der Waals surface area contributed by atoms with Crippen LogP contribution in [0.2, 0.25) is 0 Å². The van der Waals surface area contributed by atoms with Gasteiger partial charge < -0.3 is 23.4 Å². The predicted octanol–water partition coefficient (Wildman–Crippen LogP) is 5.96. The molecule has 2 saturated heterocycles. The first-order valence-electron chi connectivity index (χ1n) is 11.3. The van der Waals surface area contributed by atoms with Crippen molar-refractivity contribution < 1.29 is 23.4 Å². The monoisotopic (exact) mass is 438 g/mol. The van der Waals surface area contributed by atoms with Gasteiger partial charge in [-0.25, -0.2) is 0 Å². The third-order valence-electron chi connectivity index (χ3n) is 6.36. The normalized spacial score (nSPS) is 19.3. The van der Waals surface area contributed by atoms with E-state index in [2.05, 4.69) is 48.5 Å². The zero-order valence-corrected chi connectivity index (χ0v) is 18.0. The number of hydrogen-bond acceptors (Lipinski definition) is 5. The first-order valence-corrected chi connectivity index (χ1v) is 11.3. The predicted molar refractivity (Wildman–Crippen MR) is 127 cm³/mol. The molecule has 1 aromatic heterocycles. The van der Waals surface area contributed by atoms with Crippen molar-refractivity contribution in [2.24, 2.45) is 0 Å². The minimum absolute atomic E-state index is 0.189. The van der Waals surface area contributed by atoms with E-state index >= 15 is 0 Å². The Balaban J connectivity index is 1.41. The lowest BCUT2D eigenvalue weighted by Crippen LogP contribution is -2.04. The number of epoxide rings is 2. The van der Waals surface area contributed by atoms with Crippen LogP contribution in [0.1, 0.15) is 0 Å². The highest BCUT2D eigenvalue weighted by Crippen LogP contribution is 2.45. The van der Waals surface area contributed by atoms with Crippen molar-refractivity contribution in [1.29, 1.82) is 0 Å². The van der Waals surface area contributed by atoms with E-state index in [9.17, 15) is 0 Å². The minimum Gasteiger partial charge on any atom is -0.491 e. The third-order valence-corrected chi connectivity index (χ3v) is 6.36. The Morgan fingerprint density at radius 3 is 2.15 bits per heavy atom. The maximum absolute atomic E-state index is 6.24. The van der Waals surface area contributed by atoms with Gasteiger partial charge in [0.05, 0.1) is 19.5 Å². The molecule has 2 fully saturated rings. The Morgan fingerprint density at radius 2 is 1.39 bits per heavy atom. The maximum Gasteiger partial charge on any atom is 0.143 e. The van der Waals surface area contributed by atoms with Crippen LogP contribution in [0.4, 0.5) is 0 Å². The third kappa shape index (κ3) is 3.41. The molecule has 33 heavy (non-hydrogen) atoms. The number of fused-ring (bicyclic) bond motifs is 6. The SMILES string of the molecule is c1ccc2c(c1)c1cccc(OCC3CO3)c1c1c(-c3ccc(OCC4CO4)cc3)coc21. The fraction of sp³-hybridized carbons (Fsp3) is 0.214. The van der Waals surface area contributed by atoms with Crippen molar-refractivity contribution >= 4 is 32.5 Å². The Kier molecular flexibility index (Phi) is 4.32. The Bertz CT molecular complexity index is 1480. The largest absolute Gasteiger partial charge is 0.491 e. The molecule has 0 saturated carbocycles. The lowest BCUT2D eigenvalue weighted by Gasteiger charge is -2.13. The van der Waals surface area contributed by atoms with E-state index in [-0.39, 0.29) is 12.2 Å². The second-order valence-corrected chi connectivity index (χ2v) is 8.63. The highest BCUT2D eigenvalue weighted by molar-refractivity contribution is 6.28. The summed E-state index contributed by atoms with van der Waals surface area (Å²) in [5.41, 5.74) is 2.98. The van der Waals surface area contributed by atoms with Crippen molar-refractivity contribution in [3.8, 4) is 22.6 Å². The summed E-state index contributed by atoms with van der Waals surface area (Å²) < 4.78 is 28.9. The molecule has 2 atom stereocenters. The van der Waals surface area contributed by atoms with Gasteiger partial charge >= 0.3 is 0 Å². The van der Waals surface area contributed by atoms with E-state index in [1.165, 1.54) is 0 Å². The van der Waals surface area contributed by atoms with E-state index in [1.54, 1.807) is 0 Å². The van der Waals surface area contributed by atoms with Crippen molar-refractivity contribution in [3.63, 3.8) is 0 Å².